The van der Waals surface area contributed by atoms with Crippen molar-refractivity contribution in [1.82, 2.24) is 10.9 Å². The number of aromatic hydroxyl groups is 1. The van der Waals surface area contributed by atoms with E-state index in [-0.39, 0.29) is 11.3 Å². The zero-order chi connectivity index (χ0) is 18.9. The van der Waals surface area contributed by atoms with Gasteiger partial charge in [-0.2, -0.15) is 5.10 Å². The molecule has 0 saturated carbocycles. The highest BCUT2D eigenvalue weighted by atomic mass is 16.5. The first-order valence-corrected chi connectivity index (χ1v) is 7.46. The Labute approximate surface area is 149 Å². The van der Waals surface area contributed by atoms with Crippen molar-refractivity contribution in [3.8, 4) is 11.5 Å². The van der Waals surface area contributed by atoms with E-state index in [1.54, 1.807) is 24.3 Å². The predicted octanol–water partition coefficient (Wildman–Crippen LogP) is 1.95. The van der Waals surface area contributed by atoms with E-state index in [2.05, 4.69) is 10.5 Å². The van der Waals surface area contributed by atoms with Crippen LogP contribution < -0.4 is 15.6 Å². The van der Waals surface area contributed by atoms with E-state index in [0.717, 1.165) is 5.56 Å². The fraction of sp³-hybridized carbons (Fsp3) is 0.0556. The van der Waals surface area contributed by atoms with Crippen LogP contribution in [0.25, 0.3) is 6.08 Å². The van der Waals surface area contributed by atoms with Crippen LogP contribution in [0, 0.1) is 0 Å². The lowest BCUT2D eigenvalue weighted by molar-refractivity contribution is 0.0706. The highest BCUT2D eigenvalue weighted by Crippen LogP contribution is 2.26. The molecule has 8 nitrogen and oxygen atoms in total. The van der Waals surface area contributed by atoms with Crippen LogP contribution in [0.1, 0.15) is 26.3 Å². The molecule has 2 amide bonds. The summed E-state index contributed by atoms with van der Waals surface area (Å²) >= 11 is 0. The van der Waals surface area contributed by atoms with Gasteiger partial charge >= 0.3 is 0 Å². The third-order valence-corrected chi connectivity index (χ3v) is 3.33. The zero-order valence-electron chi connectivity index (χ0n) is 13.8. The number of nitrogens with one attached hydrogen (secondary N) is 2. The van der Waals surface area contributed by atoms with Crippen LogP contribution in [0.15, 0.2) is 53.6 Å². The molecule has 0 atom stereocenters. The number of hydroxylamine groups is 1. The zero-order valence-corrected chi connectivity index (χ0v) is 13.8. The number of carbonyl (C=O) groups excluding carboxylic acids is 2. The molecule has 2 aromatic carbocycles. The van der Waals surface area contributed by atoms with Gasteiger partial charge in [-0.15, -0.1) is 0 Å². The van der Waals surface area contributed by atoms with Crippen molar-refractivity contribution in [3.63, 3.8) is 0 Å². The Kier molecular flexibility index (Phi) is 6.47. The first kappa shape index (κ1) is 18.7. The number of carbonyl (C=O) groups is 2. The van der Waals surface area contributed by atoms with E-state index in [1.807, 2.05) is 0 Å². The van der Waals surface area contributed by atoms with Gasteiger partial charge in [-0.05, 0) is 48.0 Å². The summed E-state index contributed by atoms with van der Waals surface area (Å²) in [5.74, 6) is -0.702. The lowest BCUT2D eigenvalue weighted by atomic mass is 10.1. The smallest absolute Gasteiger partial charge is 0.274 e. The molecule has 0 bridgehead atoms. The monoisotopic (exact) mass is 355 g/mol. The number of phenolic OH excluding ortho intramolecular Hbond substituents is 1. The van der Waals surface area contributed by atoms with E-state index in [9.17, 15) is 14.7 Å². The van der Waals surface area contributed by atoms with Gasteiger partial charge in [0.15, 0.2) is 11.5 Å². The van der Waals surface area contributed by atoms with Crippen molar-refractivity contribution in [3.05, 3.63) is 65.2 Å². The van der Waals surface area contributed by atoms with Crippen LogP contribution in [0.5, 0.6) is 11.5 Å². The van der Waals surface area contributed by atoms with E-state index in [0.29, 0.717) is 11.3 Å². The van der Waals surface area contributed by atoms with Crippen molar-refractivity contribution in [2.45, 2.75) is 0 Å². The molecule has 0 aliphatic carbocycles. The Morgan fingerprint density at radius 2 is 1.73 bits per heavy atom. The summed E-state index contributed by atoms with van der Waals surface area (Å²) in [5.41, 5.74) is 5.17. The number of methoxy groups -OCH3 is 1. The molecule has 0 aliphatic heterocycles. The molecule has 0 aromatic heterocycles. The molecule has 8 heteroatoms. The summed E-state index contributed by atoms with van der Waals surface area (Å²) in [4.78, 5) is 23.1. The van der Waals surface area contributed by atoms with Crippen LogP contribution in [-0.4, -0.2) is 35.5 Å². The molecule has 4 N–H and O–H groups in total. The summed E-state index contributed by atoms with van der Waals surface area (Å²) < 4.78 is 5.01. The van der Waals surface area contributed by atoms with Crippen LogP contribution in [0.3, 0.4) is 0 Å². The molecule has 0 spiro atoms. The molecule has 26 heavy (non-hydrogen) atoms. The number of hydrogen-bond donors (Lipinski definition) is 4. The maximum absolute atomic E-state index is 11.9. The normalized spacial score (nSPS) is 10.8. The quantitative estimate of drug-likeness (QED) is 0.359. The summed E-state index contributed by atoms with van der Waals surface area (Å²) in [6.45, 7) is 0. The molecule has 2 aromatic rings. The SMILES string of the molecule is COc1cc(/C=C/C=N/NC(=O)c2ccc(C(=O)NO)cc2)ccc1O. The highest BCUT2D eigenvalue weighted by Gasteiger charge is 2.07. The van der Waals surface area contributed by atoms with Gasteiger partial charge in [0, 0.05) is 17.3 Å². The Bertz CT molecular complexity index is 844. The minimum absolute atomic E-state index is 0.0491. The molecule has 0 heterocycles. The van der Waals surface area contributed by atoms with Crippen molar-refractivity contribution >= 4 is 24.1 Å². The van der Waals surface area contributed by atoms with Crippen LogP contribution in [0.2, 0.25) is 0 Å². The van der Waals surface area contributed by atoms with Crippen LogP contribution in [0.4, 0.5) is 0 Å². The Balaban J connectivity index is 1.91. The molecular formula is C18H17N3O5. The van der Waals surface area contributed by atoms with Gasteiger partial charge in [-0.1, -0.05) is 12.1 Å². The van der Waals surface area contributed by atoms with E-state index in [1.165, 1.54) is 49.1 Å². The number of hydrogen-bond acceptors (Lipinski definition) is 6. The number of amides is 2. The van der Waals surface area contributed by atoms with Crippen molar-refractivity contribution in [1.29, 1.82) is 0 Å². The fourth-order valence-corrected chi connectivity index (χ4v) is 1.99. The van der Waals surface area contributed by atoms with Crippen molar-refractivity contribution in [2.24, 2.45) is 5.10 Å². The standard InChI is InChI=1S/C18H17N3O5/c1-26-16-11-12(4-9-15(16)22)3-2-10-19-20-17(23)13-5-7-14(8-6-13)18(24)21-25/h2-11,22,25H,1H3,(H,20,23)(H,21,24)/b3-2+,19-10+. The summed E-state index contributed by atoms with van der Waals surface area (Å²) in [6.07, 6.45) is 4.73. The number of ether oxygens (including phenoxy) is 1. The number of allylic oxidation sites excluding steroid dienone is 1. The van der Waals surface area contributed by atoms with Gasteiger partial charge in [0.2, 0.25) is 0 Å². The third kappa shape index (κ3) is 4.92. The molecular weight excluding hydrogens is 338 g/mol. The first-order chi connectivity index (χ1) is 12.5. The lowest BCUT2D eigenvalue weighted by Crippen LogP contribution is -2.20. The van der Waals surface area contributed by atoms with Crippen molar-refractivity contribution in [2.75, 3.05) is 7.11 Å². The third-order valence-electron chi connectivity index (χ3n) is 3.33. The second kappa shape index (κ2) is 9.00. The largest absolute Gasteiger partial charge is 0.504 e. The van der Waals surface area contributed by atoms with E-state index >= 15 is 0 Å². The van der Waals surface area contributed by atoms with Crippen LogP contribution in [-0.2, 0) is 0 Å². The number of phenols is 1. The van der Waals surface area contributed by atoms with Gasteiger partial charge < -0.3 is 9.84 Å². The number of rotatable bonds is 6. The highest BCUT2D eigenvalue weighted by molar-refractivity contribution is 5.97. The molecule has 134 valence electrons. The fourth-order valence-electron chi connectivity index (χ4n) is 1.99. The molecule has 0 saturated heterocycles. The van der Waals surface area contributed by atoms with E-state index < -0.39 is 11.8 Å². The first-order valence-electron chi connectivity index (χ1n) is 7.46. The van der Waals surface area contributed by atoms with E-state index in [4.69, 9.17) is 9.94 Å². The topological polar surface area (TPSA) is 120 Å². The van der Waals surface area contributed by atoms with Gasteiger partial charge in [-0.25, -0.2) is 10.9 Å². The van der Waals surface area contributed by atoms with Gasteiger partial charge in [0.05, 0.1) is 7.11 Å². The number of benzene rings is 2. The molecule has 0 unspecified atom stereocenters. The van der Waals surface area contributed by atoms with Gasteiger partial charge in [0.25, 0.3) is 11.8 Å². The summed E-state index contributed by atoms with van der Waals surface area (Å²) in [5, 5.41) is 21.8. The minimum Gasteiger partial charge on any atom is -0.504 e. The molecule has 0 aliphatic rings. The average Bonchev–Trinajstić information content (AvgIpc) is 2.68. The van der Waals surface area contributed by atoms with Crippen LogP contribution >= 0.6 is 0 Å². The second-order valence-electron chi connectivity index (χ2n) is 5.03. The Hall–Kier alpha value is -3.65. The molecule has 0 fully saturated rings. The maximum atomic E-state index is 11.9. The second-order valence-corrected chi connectivity index (χ2v) is 5.03. The summed E-state index contributed by atoms with van der Waals surface area (Å²) in [6, 6.07) is 10.6. The average molecular weight is 355 g/mol. The van der Waals surface area contributed by atoms with Gasteiger partial charge in [-0.3, -0.25) is 14.8 Å². The Morgan fingerprint density at radius 1 is 1.08 bits per heavy atom. The van der Waals surface area contributed by atoms with Gasteiger partial charge in [0.1, 0.15) is 0 Å². The lowest BCUT2D eigenvalue weighted by Gasteiger charge is -2.03. The maximum Gasteiger partial charge on any atom is 0.274 e. The van der Waals surface area contributed by atoms with Crippen molar-refractivity contribution < 1.29 is 24.6 Å². The summed E-state index contributed by atoms with van der Waals surface area (Å²) in [7, 11) is 1.46. The predicted molar refractivity (Wildman–Crippen MR) is 95.3 cm³/mol. The number of hydrazone groups is 1. The molecule has 2 rings (SSSR count). The Morgan fingerprint density at radius 3 is 2.35 bits per heavy atom. The minimum atomic E-state index is -0.661. The number of nitrogens with zero attached hydrogens (tertiary/aromatic N) is 1. The molecule has 0 radical (unpaired) electrons.